The highest BCUT2D eigenvalue weighted by Crippen LogP contribution is 2.53. The van der Waals surface area contributed by atoms with Crippen LogP contribution in [0.25, 0.3) is 5.65 Å². The zero-order chi connectivity index (χ0) is 20.3. The van der Waals surface area contributed by atoms with Crippen LogP contribution >= 0.6 is 0 Å². The van der Waals surface area contributed by atoms with Gasteiger partial charge in [-0.3, -0.25) is 0 Å². The predicted molar refractivity (Wildman–Crippen MR) is 110 cm³/mol. The van der Waals surface area contributed by atoms with Gasteiger partial charge in [0, 0.05) is 23.9 Å². The molecular formula is C24H24N2O4. The van der Waals surface area contributed by atoms with Crippen molar-refractivity contribution >= 4 is 11.6 Å². The number of hydrogen-bond donors (Lipinski definition) is 0. The van der Waals surface area contributed by atoms with E-state index in [2.05, 4.69) is 6.92 Å². The van der Waals surface area contributed by atoms with Gasteiger partial charge in [-0.1, -0.05) is 18.2 Å². The van der Waals surface area contributed by atoms with Gasteiger partial charge in [-0.25, -0.2) is 9.78 Å². The van der Waals surface area contributed by atoms with E-state index in [-0.39, 0.29) is 17.1 Å². The van der Waals surface area contributed by atoms with Gasteiger partial charge < -0.3 is 18.6 Å². The molecule has 1 saturated heterocycles. The highest BCUT2D eigenvalue weighted by atomic mass is 16.5. The standard InChI is InChI=1S/C24H24N2O4/c1-23-9-10-24(14-23,15-28-23)20-13-26-12-18(22(27)30-16-5-3-2-4-6-16)19(11-21(26)25-20)29-17-7-8-17/h2-6,11-13,17H,7-10,14-15H2,1H3. The summed E-state index contributed by atoms with van der Waals surface area (Å²) in [4.78, 5) is 17.9. The van der Waals surface area contributed by atoms with E-state index in [0.717, 1.165) is 43.4 Å². The monoisotopic (exact) mass is 404 g/mol. The molecule has 2 aromatic heterocycles. The largest absolute Gasteiger partial charge is 0.489 e. The predicted octanol–water partition coefficient (Wildman–Crippen LogP) is 4.31. The van der Waals surface area contributed by atoms with Crippen molar-refractivity contribution in [3.63, 3.8) is 0 Å². The Balaban J connectivity index is 1.38. The number of para-hydroxylation sites is 1. The number of ether oxygens (including phenoxy) is 3. The van der Waals surface area contributed by atoms with Gasteiger partial charge in [-0.15, -0.1) is 0 Å². The molecule has 0 radical (unpaired) electrons. The van der Waals surface area contributed by atoms with Crippen LogP contribution in [-0.2, 0) is 10.2 Å². The second kappa shape index (κ2) is 6.32. The molecule has 0 N–H and O–H groups in total. The number of aromatic nitrogens is 2. The Morgan fingerprint density at radius 1 is 1.20 bits per heavy atom. The summed E-state index contributed by atoms with van der Waals surface area (Å²) in [6.45, 7) is 2.90. The number of imidazole rings is 1. The third kappa shape index (κ3) is 2.98. The van der Waals surface area contributed by atoms with Gasteiger partial charge in [0.1, 0.15) is 22.7 Å². The summed E-state index contributed by atoms with van der Waals surface area (Å²) in [5.41, 5.74) is 2.18. The molecule has 154 valence electrons. The van der Waals surface area contributed by atoms with Gasteiger partial charge in [-0.05, 0) is 51.2 Å². The minimum absolute atomic E-state index is 0.0248. The minimum atomic E-state index is -0.426. The molecule has 6 rings (SSSR count). The van der Waals surface area contributed by atoms with Crippen molar-refractivity contribution in [3.8, 4) is 11.5 Å². The van der Waals surface area contributed by atoms with Gasteiger partial charge >= 0.3 is 5.97 Å². The van der Waals surface area contributed by atoms with Crippen LogP contribution < -0.4 is 9.47 Å². The van der Waals surface area contributed by atoms with E-state index in [9.17, 15) is 4.79 Å². The van der Waals surface area contributed by atoms with Gasteiger partial charge in [0.2, 0.25) is 0 Å². The van der Waals surface area contributed by atoms with Crippen LogP contribution in [0, 0.1) is 0 Å². The van der Waals surface area contributed by atoms with Gasteiger partial charge in [-0.2, -0.15) is 0 Å². The van der Waals surface area contributed by atoms with Crippen LogP contribution in [0.15, 0.2) is 48.8 Å². The summed E-state index contributed by atoms with van der Waals surface area (Å²) in [7, 11) is 0. The lowest BCUT2D eigenvalue weighted by atomic mass is 9.84. The maximum atomic E-state index is 13.0. The maximum absolute atomic E-state index is 13.0. The molecule has 0 spiro atoms. The van der Waals surface area contributed by atoms with Crippen molar-refractivity contribution in [1.82, 2.24) is 9.38 Å². The smallest absolute Gasteiger partial charge is 0.348 e. The zero-order valence-corrected chi connectivity index (χ0v) is 17.0. The van der Waals surface area contributed by atoms with E-state index in [1.165, 1.54) is 0 Å². The highest BCUT2D eigenvalue weighted by molar-refractivity contribution is 5.94. The fourth-order valence-corrected chi connectivity index (χ4v) is 4.79. The number of hydrogen-bond acceptors (Lipinski definition) is 5. The second-order valence-electron chi connectivity index (χ2n) is 9.16. The minimum Gasteiger partial charge on any atom is -0.489 e. The van der Waals surface area contributed by atoms with Crippen molar-refractivity contribution in [2.45, 2.75) is 56.1 Å². The fourth-order valence-electron chi connectivity index (χ4n) is 4.79. The Bertz CT molecular complexity index is 1120. The molecule has 3 fully saturated rings. The van der Waals surface area contributed by atoms with Crippen molar-refractivity contribution in [2.24, 2.45) is 0 Å². The number of benzene rings is 1. The normalized spacial score (nSPS) is 27.5. The lowest BCUT2D eigenvalue weighted by molar-refractivity contribution is -0.00627. The number of nitrogens with zero attached hydrogens (tertiary/aromatic N) is 2. The van der Waals surface area contributed by atoms with Crippen molar-refractivity contribution in [1.29, 1.82) is 0 Å². The number of esters is 1. The third-order valence-corrected chi connectivity index (χ3v) is 6.63. The summed E-state index contributed by atoms with van der Waals surface area (Å²) in [5.74, 6) is 0.628. The van der Waals surface area contributed by atoms with E-state index in [1.807, 2.05) is 34.9 Å². The molecule has 2 atom stereocenters. The molecular weight excluding hydrogens is 380 g/mol. The van der Waals surface area contributed by atoms with E-state index in [1.54, 1.807) is 18.3 Å². The van der Waals surface area contributed by atoms with Crippen LogP contribution in [-0.4, -0.2) is 33.7 Å². The molecule has 30 heavy (non-hydrogen) atoms. The number of pyridine rings is 1. The molecule has 6 heteroatoms. The molecule has 1 aromatic carbocycles. The number of carbonyl (C=O) groups is 1. The van der Waals surface area contributed by atoms with Crippen molar-refractivity contribution in [3.05, 3.63) is 60.0 Å². The Morgan fingerprint density at radius 2 is 2.03 bits per heavy atom. The third-order valence-electron chi connectivity index (χ3n) is 6.63. The molecule has 3 heterocycles. The molecule has 2 bridgehead atoms. The van der Waals surface area contributed by atoms with Crippen LogP contribution in [0.3, 0.4) is 0 Å². The molecule has 3 aliphatic rings. The quantitative estimate of drug-likeness (QED) is 0.469. The molecule has 2 unspecified atom stereocenters. The average Bonchev–Trinajstić information content (AvgIpc) is 3.20. The molecule has 6 nitrogen and oxygen atoms in total. The Morgan fingerprint density at radius 3 is 2.70 bits per heavy atom. The summed E-state index contributed by atoms with van der Waals surface area (Å²) in [6.07, 6.45) is 9.16. The summed E-state index contributed by atoms with van der Waals surface area (Å²) in [5, 5.41) is 0. The molecule has 2 saturated carbocycles. The topological polar surface area (TPSA) is 62.1 Å². The van der Waals surface area contributed by atoms with Crippen LogP contribution in [0.2, 0.25) is 0 Å². The summed E-state index contributed by atoms with van der Waals surface area (Å²) >= 11 is 0. The molecule has 3 aromatic rings. The average molecular weight is 404 g/mol. The van der Waals surface area contributed by atoms with Gasteiger partial charge in [0.15, 0.2) is 0 Å². The zero-order valence-electron chi connectivity index (χ0n) is 17.0. The highest BCUT2D eigenvalue weighted by Gasteiger charge is 2.55. The van der Waals surface area contributed by atoms with Crippen molar-refractivity contribution < 1.29 is 19.0 Å². The molecule has 1 aliphatic heterocycles. The summed E-state index contributed by atoms with van der Waals surface area (Å²) < 4.78 is 19.6. The van der Waals surface area contributed by atoms with Gasteiger partial charge in [0.25, 0.3) is 0 Å². The Labute approximate surface area is 174 Å². The van der Waals surface area contributed by atoms with Crippen LogP contribution in [0.5, 0.6) is 11.5 Å². The molecule has 0 amide bonds. The number of rotatable bonds is 5. The van der Waals surface area contributed by atoms with Gasteiger partial charge in [0.05, 0.1) is 24.0 Å². The second-order valence-corrected chi connectivity index (χ2v) is 9.16. The number of carbonyl (C=O) groups excluding carboxylic acids is 1. The lowest BCUT2D eigenvalue weighted by Crippen LogP contribution is -2.26. The summed E-state index contributed by atoms with van der Waals surface area (Å²) in [6, 6.07) is 11.0. The molecule has 2 aliphatic carbocycles. The van der Waals surface area contributed by atoms with E-state index < -0.39 is 5.97 Å². The van der Waals surface area contributed by atoms with Crippen LogP contribution in [0.1, 0.15) is 55.1 Å². The SMILES string of the molecule is CC12CCC(c3cn4cc(C(=O)Oc5ccccc5)c(OC5CC5)cc4n3)(CO1)C2. The Kier molecular flexibility index (Phi) is 3.78. The number of fused-ring (bicyclic) bond motifs is 3. The van der Waals surface area contributed by atoms with E-state index >= 15 is 0 Å². The van der Waals surface area contributed by atoms with E-state index in [0.29, 0.717) is 23.7 Å². The Hall–Kier alpha value is -2.86. The fraction of sp³-hybridized carbons (Fsp3) is 0.417. The van der Waals surface area contributed by atoms with E-state index in [4.69, 9.17) is 19.2 Å². The lowest BCUT2D eigenvalue weighted by Gasteiger charge is -2.24. The first kappa shape index (κ1) is 18.0. The first-order valence-electron chi connectivity index (χ1n) is 10.6. The first-order valence-corrected chi connectivity index (χ1v) is 10.6. The van der Waals surface area contributed by atoms with Crippen LogP contribution in [0.4, 0.5) is 0 Å². The maximum Gasteiger partial charge on any atom is 0.348 e. The van der Waals surface area contributed by atoms with Crippen molar-refractivity contribution in [2.75, 3.05) is 6.61 Å². The first-order chi connectivity index (χ1) is 14.5.